The Balaban J connectivity index is 2.03. The summed E-state index contributed by atoms with van der Waals surface area (Å²) in [6.45, 7) is 6.58. The van der Waals surface area contributed by atoms with Gasteiger partial charge in [-0.1, -0.05) is 13.8 Å². The van der Waals surface area contributed by atoms with Gasteiger partial charge in [0, 0.05) is 19.2 Å². The normalized spacial score (nSPS) is 43.4. The molecule has 2 unspecified atom stereocenters. The topological polar surface area (TPSA) is 21.3 Å². The second-order valence-corrected chi connectivity index (χ2v) is 4.12. The molecule has 64 valence electrons. The maximum Gasteiger partial charge on any atom is 0.0961 e. The lowest BCUT2D eigenvalue weighted by Gasteiger charge is -2.49. The first-order valence-corrected chi connectivity index (χ1v) is 4.62. The van der Waals surface area contributed by atoms with E-state index in [0.717, 1.165) is 13.2 Å². The van der Waals surface area contributed by atoms with E-state index < -0.39 is 0 Å². The fraction of sp³-hybridized carbons (Fsp3) is 1.00. The van der Waals surface area contributed by atoms with E-state index in [1.54, 1.807) is 0 Å². The molecule has 0 aromatic rings. The van der Waals surface area contributed by atoms with Gasteiger partial charge in [0.15, 0.2) is 0 Å². The van der Waals surface area contributed by atoms with Gasteiger partial charge in [-0.15, -0.1) is 0 Å². The van der Waals surface area contributed by atoms with Crippen LogP contribution in [0.15, 0.2) is 0 Å². The van der Waals surface area contributed by atoms with Crippen LogP contribution in [0.2, 0.25) is 0 Å². The zero-order valence-corrected chi connectivity index (χ0v) is 7.39. The quantitative estimate of drug-likeness (QED) is 0.613. The van der Waals surface area contributed by atoms with Gasteiger partial charge < -0.3 is 10.1 Å². The highest BCUT2D eigenvalue weighted by Crippen LogP contribution is 2.37. The molecule has 11 heavy (non-hydrogen) atoms. The molecule has 2 saturated heterocycles. The van der Waals surface area contributed by atoms with E-state index in [1.165, 1.54) is 12.8 Å². The van der Waals surface area contributed by atoms with Gasteiger partial charge in [0.1, 0.15) is 0 Å². The van der Waals surface area contributed by atoms with Gasteiger partial charge in [-0.2, -0.15) is 0 Å². The van der Waals surface area contributed by atoms with Crippen molar-refractivity contribution >= 4 is 0 Å². The highest BCUT2D eigenvalue weighted by Gasteiger charge is 2.50. The summed E-state index contributed by atoms with van der Waals surface area (Å²) in [5, 5.41) is 3.45. The zero-order valence-electron chi connectivity index (χ0n) is 7.39. The molecule has 2 heterocycles. The Hall–Kier alpha value is -0.0800. The predicted molar refractivity (Wildman–Crippen MR) is 44.5 cm³/mol. The SMILES string of the molecule is CC(C)C1NCC12CCCO2. The minimum atomic E-state index is 0.244. The van der Waals surface area contributed by atoms with Crippen LogP contribution in [0.25, 0.3) is 0 Å². The van der Waals surface area contributed by atoms with Crippen molar-refractivity contribution in [2.75, 3.05) is 13.2 Å². The van der Waals surface area contributed by atoms with Gasteiger partial charge >= 0.3 is 0 Å². The molecule has 2 atom stereocenters. The number of hydrogen-bond donors (Lipinski definition) is 1. The standard InChI is InChI=1S/C9H17NO/c1-7(2)8-9(6-10-8)4-3-5-11-9/h7-8,10H,3-6H2,1-2H3. The second kappa shape index (κ2) is 2.46. The number of rotatable bonds is 1. The third kappa shape index (κ3) is 1.00. The Morgan fingerprint density at radius 3 is 2.73 bits per heavy atom. The van der Waals surface area contributed by atoms with Crippen LogP contribution in [0, 0.1) is 5.92 Å². The van der Waals surface area contributed by atoms with E-state index in [1.807, 2.05) is 0 Å². The van der Waals surface area contributed by atoms with Crippen LogP contribution in [0.4, 0.5) is 0 Å². The molecule has 0 saturated carbocycles. The fourth-order valence-electron chi connectivity index (χ4n) is 2.39. The molecular weight excluding hydrogens is 138 g/mol. The van der Waals surface area contributed by atoms with Gasteiger partial charge in [-0.3, -0.25) is 0 Å². The molecule has 2 aliphatic heterocycles. The lowest BCUT2D eigenvalue weighted by Crippen LogP contribution is -2.69. The molecule has 2 rings (SSSR count). The lowest BCUT2D eigenvalue weighted by molar-refractivity contribution is -0.0908. The van der Waals surface area contributed by atoms with E-state index in [9.17, 15) is 0 Å². The monoisotopic (exact) mass is 155 g/mol. The summed E-state index contributed by atoms with van der Waals surface area (Å²) < 4.78 is 5.79. The third-order valence-electron chi connectivity index (χ3n) is 2.99. The summed E-state index contributed by atoms with van der Waals surface area (Å²) in [5.41, 5.74) is 0.244. The summed E-state index contributed by atoms with van der Waals surface area (Å²) in [7, 11) is 0. The molecule has 1 spiro atoms. The van der Waals surface area contributed by atoms with Crippen LogP contribution in [-0.4, -0.2) is 24.8 Å². The minimum Gasteiger partial charge on any atom is -0.372 e. The van der Waals surface area contributed by atoms with E-state index >= 15 is 0 Å². The molecular formula is C9H17NO. The molecule has 0 bridgehead atoms. The van der Waals surface area contributed by atoms with Gasteiger partial charge in [-0.05, 0) is 18.8 Å². The van der Waals surface area contributed by atoms with Crippen LogP contribution in [-0.2, 0) is 4.74 Å². The maximum atomic E-state index is 5.79. The highest BCUT2D eigenvalue weighted by molar-refractivity contribution is 5.07. The Labute approximate surface area is 68.3 Å². The first-order chi connectivity index (χ1) is 5.25. The van der Waals surface area contributed by atoms with E-state index in [4.69, 9.17) is 4.74 Å². The summed E-state index contributed by atoms with van der Waals surface area (Å²) >= 11 is 0. The minimum absolute atomic E-state index is 0.244. The van der Waals surface area contributed by atoms with Crippen molar-refractivity contribution in [3.05, 3.63) is 0 Å². The summed E-state index contributed by atoms with van der Waals surface area (Å²) in [6.07, 6.45) is 2.52. The van der Waals surface area contributed by atoms with Crippen LogP contribution < -0.4 is 5.32 Å². The first-order valence-electron chi connectivity index (χ1n) is 4.62. The average molecular weight is 155 g/mol. The summed E-state index contributed by atoms with van der Waals surface area (Å²) in [5.74, 6) is 0.710. The molecule has 1 N–H and O–H groups in total. The molecule has 2 heteroatoms. The van der Waals surface area contributed by atoms with Gasteiger partial charge in [0.2, 0.25) is 0 Å². The van der Waals surface area contributed by atoms with Crippen molar-refractivity contribution < 1.29 is 4.74 Å². The molecule has 0 amide bonds. The van der Waals surface area contributed by atoms with E-state index in [2.05, 4.69) is 19.2 Å². The first kappa shape index (κ1) is 7.56. The molecule has 0 aromatic carbocycles. The van der Waals surface area contributed by atoms with Crippen LogP contribution in [0.1, 0.15) is 26.7 Å². The molecule has 2 nitrogen and oxygen atoms in total. The van der Waals surface area contributed by atoms with Crippen molar-refractivity contribution in [1.82, 2.24) is 5.32 Å². The van der Waals surface area contributed by atoms with Crippen LogP contribution >= 0.6 is 0 Å². The molecule has 0 radical (unpaired) electrons. The highest BCUT2D eigenvalue weighted by atomic mass is 16.5. The molecule has 0 aromatic heterocycles. The molecule has 0 aliphatic carbocycles. The zero-order chi connectivity index (χ0) is 7.90. The number of hydrogen-bond acceptors (Lipinski definition) is 2. The fourth-order valence-corrected chi connectivity index (χ4v) is 2.39. The third-order valence-corrected chi connectivity index (χ3v) is 2.99. The largest absolute Gasteiger partial charge is 0.372 e. The maximum absolute atomic E-state index is 5.79. The molecule has 2 aliphatic rings. The van der Waals surface area contributed by atoms with E-state index in [-0.39, 0.29) is 5.60 Å². The van der Waals surface area contributed by atoms with Crippen molar-refractivity contribution in [2.45, 2.75) is 38.3 Å². The summed E-state index contributed by atoms with van der Waals surface area (Å²) in [4.78, 5) is 0. The summed E-state index contributed by atoms with van der Waals surface area (Å²) in [6, 6.07) is 0.616. The van der Waals surface area contributed by atoms with Crippen LogP contribution in [0.5, 0.6) is 0 Å². The second-order valence-electron chi connectivity index (χ2n) is 4.12. The Bertz CT molecular complexity index is 150. The Kier molecular flexibility index (Phi) is 1.69. The number of nitrogens with one attached hydrogen (secondary N) is 1. The van der Waals surface area contributed by atoms with Crippen LogP contribution in [0.3, 0.4) is 0 Å². The number of ether oxygens (including phenoxy) is 1. The van der Waals surface area contributed by atoms with Crippen molar-refractivity contribution in [3.63, 3.8) is 0 Å². The molecule has 2 fully saturated rings. The Morgan fingerprint density at radius 2 is 2.36 bits per heavy atom. The van der Waals surface area contributed by atoms with Gasteiger partial charge in [-0.25, -0.2) is 0 Å². The predicted octanol–water partition coefficient (Wildman–Crippen LogP) is 1.16. The average Bonchev–Trinajstić information content (AvgIpc) is 2.31. The van der Waals surface area contributed by atoms with Crippen molar-refractivity contribution in [3.8, 4) is 0 Å². The Morgan fingerprint density at radius 1 is 1.55 bits per heavy atom. The van der Waals surface area contributed by atoms with E-state index in [0.29, 0.717) is 12.0 Å². The smallest absolute Gasteiger partial charge is 0.0961 e. The van der Waals surface area contributed by atoms with Gasteiger partial charge in [0.25, 0.3) is 0 Å². The van der Waals surface area contributed by atoms with Crippen molar-refractivity contribution in [1.29, 1.82) is 0 Å². The van der Waals surface area contributed by atoms with Crippen molar-refractivity contribution in [2.24, 2.45) is 5.92 Å². The lowest BCUT2D eigenvalue weighted by atomic mass is 9.77. The van der Waals surface area contributed by atoms with Gasteiger partial charge in [0.05, 0.1) is 5.60 Å².